The molecule has 4 nitrogen and oxygen atoms in total. The Balaban J connectivity index is 1.97. The lowest BCUT2D eigenvalue weighted by Gasteiger charge is -2.39. The number of unbranched alkanes of at least 4 members (excludes halogenated alkanes) is 1. The van der Waals surface area contributed by atoms with Gasteiger partial charge in [0.25, 0.3) is 0 Å². The van der Waals surface area contributed by atoms with E-state index in [1.54, 1.807) is 0 Å². The van der Waals surface area contributed by atoms with E-state index in [0.29, 0.717) is 13.2 Å². The summed E-state index contributed by atoms with van der Waals surface area (Å²) >= 11 is 0. The molecule has 1 aliphatic rings. The highest BCUT2D eigenvalue weighted by Crippen LogP contribution is 2.24. The molecule has 1 atom stereocenters. The third kappa shape index (κ3) is 4.83. The van der Waals surface area contributed by atoms with E-state index >= 15 is 0 Å². The molecule has 21 heavy (non-hydrogen) atoms. The van der Waals surface area contributed by atoms with Gasteiger partial charge in [-0.15, -0.1) is 0 Å². The minimum Gasteiger partial charge on any atom is -0.465 e. The number of hydrogen-bond acceptors (Lipinski definition) is 4. The van der Waals surface area contributed by atoms with Gasteiger partial charge in [-0.3, -0.25) is 9.69 Å². The van der Waals surface area contributed by atoms with Gasteiger partial charge in [0.2, 0.25) is 0 Å². The van der Waals surface area contributed by atoms with Crippen molar-refractivity contribution in [1.29, 1.82) is 0 Å². The molecule has 0 N–H and O–H groups in total. The van der Waals surface area contributed by atoms with E-state index < -0.39 is 0 Å². The maximum atomic E-state index is 12.0. The van der Waals surface area contributed by atoms with E-state index in [1.807, 2.05) is 6.07 Å². The molecule has 1 fully saturated rings. The van der Waals surface area contributed by atoms with Gasteiger partial charge in [0.05, 0.1) is 13.2 Å². The van der Waals surface area contributed by atoms with Crippen LogP contribution in [0, 0.1) is 0 Å². The Labute approximate surface area is 127 Å². The summed E-state index contributed by atoms with van der Waals surface area (Å²) in [6.07, 6.45) is 1.99. The molecule has 0 radical (unpaired) electrons. The van der Waals surface area contributed by atoms with Gasteiger partial charge >= 0.3 is 5.97 Å². The van der Waals surface area contributed by atoms with Gasteiger partial charge in [-0.2, -0.15) is 0 Å². The fourth-order valence-electron chi connectivity index (χ4n) is 2.68. The second kappa shape index (κ2) is 8.15. The third-order valence-corrected chi connectivity index (χ3v) is 3.97. The van der Waals surface area contributed by atoms with Crippen LogP contribution in [0.1, 0.15) is 31.4 Å². The molecule has 2 rings (SSSR count). The average Bonchev–Trinajstić information content (AvgIpc) is 2.50. The number of carbonyl (C=O) groups is 1. The number of hydrogen-bond donors (Lipinski definition) is 0. The Kier molecular flexibility index (Phi) is 6.21. The monoisotopic (exact) mass is 290 g/mol. The molecule has 0 spiro atoms. The standard InChI is InChI=1S/C17H26N2O2/c1-3-4-12-21-17(20)14-19-11-10-18(2)13-16(19)15-8-6-5-7-9-15/h5-9,16H,3-4,10-14H2,1-2H3. The molecule has 0 aromatic heterocycles. The van der Waals surface area contributed by atoms with Gasteiger partial charge in [0, 0.05) is 25.7 Å². The molecule has 4 heteroatoms. The Hall–Kier alpha value is -1.39. The number of benzene rings is 1. The summed E-state index contributed by atoms with van der Waals surface area (Å²) in [6, 6.07) is 10.7. The molecule has 1 heterocycles. The first-order valence-electron chi connectivity index (χ1n) is 7.84. The highest BCUT2D eigenvalue weighted by atomic mass is 16.5. The second-order valence-corrected chi connectivity index (χ2v) is 5.73. The van der Waals surface area contributed by atoms with Crippen LogP contribution in [0.15, 0.2) is 30.3 Å². The van der Waals surface area contributed by atoms with Crippen molar-refractivity contribution in [1.82, 2.24) is 9.80 Å². The van der Waals surface area contributed by atoms with Crippen LogP contribution in [0.3, 0.4) is 0 Å². The molecular formula is C17H26N2O2. The molecular weight excluding hydrogens is 264 g/mol. The number of likely N-dealkylation sites (N-methyl/N-ethyl adjacent to an activating group) is 1. The van der Waals surface area contributed by atoms with E-state index in [9.17, 15) is 4.79 Å². The van der Waals surface area contributed by atoms with Crippen molar-refractivity contribution in [3.05, 3.63) is 35.9 Å². The fraction of sp³-hybridized carbons (Fsp3) is 0.588. The molecule has 1 aromatic rings. The minimum atomic E-state index is -0.103. The zero-order chi connectivity index (χ0) is 15.1. The van der Waals surface area contributed by atoms with Crippen LogP contribution in [-0.2, 0) is 9.53 Å². The normalized spacial score (nSPS) is 20.4. The van der Waals surface area contributed by atoms with Gasteiger partial charge in [0.15, 0.2) is 0 Å². The summed E-state index contributed by atoms with van der Waals surface area (Å²) in [5.41, 5.74) is 1.27. The molecule has 0 saturated carbocycles. The molecule has 0 amide bonds. The first kappa shape index (κ1) is 16.0. The van der Waals surface area contributed by atoms with Gasteiger partial charge in [-0.05, 0) is 19.0 Å². The van der Waals surface area contributed by atoms with Gasteiger partial charge in [-0.1, -0.05) is 43.7 Å². The highest BCUT2D eigenvalue weighted by Gasteiger charge is 2.28. The summed E-state index contributed by atoms with van der Waals surface area (Å²) in [6.45, 7) is 5.87. The highest BCUT2D eigenvalue weighted by molar-refractivity contribution is 5.71. The summed E-state index contributed by atoms with van der Waals surface area (Å²) in [7, 11) is 2.13. The van der Waals surface area contributed by atoms with Crippen LogP contribution >= 0.6 is 0 Å². The van der Waals surface area contributed by atoms with Crippen molar-refractivity contribution in [2.45, 2.75) is 25.8 Å². The maximum absolute atomic E-state index is 12.0. The zero-order valence-corrected chi connectivity index (χ0v) is 13.1. The fourth-order valence-corrected chi connectivity index (χ4v) is 2.68. The van der Waals surface area contributed by atoms with Crippen LogP contribution in [0.2, 0.25) is 0 Å². The average molecular weight is 290 g/mol. The number of nitrogens with zero attached hydrogens (tertiary/aromatic N) is 2. The maximum Gasteiger partial charge on any atom is 0.320 e. The lowest BCUT2D eigenvalue weighted by Crippen LogP contribution is -2.48. The largest absolute Gasteiger partial charge is 0.465 e. The summed E-state index contributed by atoms with van der Waals surface area (Å²) in [4.78, 5) is 16.5. The van der Waals surface area contributed by atoms with Gasteiger partial charge < -0.3 is 9.64 Å². The molecule has 1 aromatic carbocycles. The Morgan fingerprint density at radius 2 is 2.05 bits per heavy atom. The van der Waals surface area contributed by atoms with Crippen molar-refractivity contribution >= 4 is 5.97 Å². The van der Waals surface area contributed by atoms with Gasteiger partial charge in [0.1, 0.15) is 0 Å². The van der Waals surface area contributed by atoms with Crippen LogP contribution in [0.25, 0.3) is 0 Å². The molecule has 1 aliphatic heterocycles. The van der Waals surface area contributed by atoms with E-state index in [2.05, 4.69) is 48.0 Å². The first-order valence-corrected chi connectivity index (χ1v) is 7.84. The van der Waals surface area contributed by atoms with Gasteiger partial charge in [-0.25, -0.2) is 0 Å². The SMILES string of the molecule is CCCCOC(=O)CN1CCN(C)CC1c1ccccc1. The van der Waals surface area contributed by atoms with Crippen molar-refractivity contribution in [2.75, 3.05) is 39.8 Å². The number of piperazine rings is 1. The van der Waals surface area contributed by atoms with E-state index in [0.717, 1.165) is 32.5 Å². The van der Waals surface area contributed by atoms with Crippen molar-refractivity contribution in [3.8, 4) is 0 Å². The summed E-state index contributed by atoms with van der Waals surface area (Å²) in [5.74, 6) is -0.103. The first-order chi connectivity index (χ1) is 10.2. The molecule has 0 bridgehead atoms. The van der Waals surface area contributed by atoms with E-state index in [1.165, 1.54) is 5.56 Å². The summed E-state index contributed by atoms with van der Waals surface area (Å²) in [5, 5.41) is 0. The Morgan fingerprint density at radius 1 is 1.29 bits per heavy atom. The van der Waals surface area contributed by atoms with Crippen LogP contribution in [0.5, 0.6) is 0 Å². The molecule has 1 saturated heterocycles. The lowest BCUT2D eigenvalue weighted by molar-refractivity contribution is -0.146. The Bertz CT molecular complexity index is 436. The third-order valence-electron chi connectivity index (χ3n) is 3.97. The minimum absolute atomic E-state index is 0.103. The predicted molar refractivity (Wildman–Crippen MR) is 84.1 cm³/mol. The summed E-state index contributed by atoms with van der Waals surface area (Å²) < 4.78 is 5.30. The van der Waals surface area contributed by atoms with Crippen LogP contribution in [0.4, 0.5) is 0 Å². The van der Waals surface area contributed by atoms with Crippen molar-refractivity contribution in [3.63, 3.8) is 0 Å². The van der Waals surface area contributed by atoms with Crippen LogP contribution < -0.4 is 0 Å². The quantitative estimate of drug-likeness (QED) is 0.594. The van der Waals surface area contributed by atoms with E-state index in [-0.39, 0.29) is 12.0 Å². The number of ether oxygens (including phenoxy) is 1. The second-order valence-electron chi connectivity index (χ2n) is 5.73. The van der Waals surface area contributed by atoms with Crippen LogP contribution in [-0.4, -0.2) is 55.6 Å². The van der Waals surface area contributed by atoms with Crippen molar-refractivity contribution in [2.24, 2.45) is 0 Å². The smallest absolute Gasteiger partial charge is 0.320 e. The van der Waals surface area contributed by atoms with E-state index in [4.69, 9.17) is 4.74 Å². The number of esters is 1. The lowest BCUT2D eigenvalue weighted by atomic mass is 10.0. The topological polar surface area (TPSA) is 32.8 Å². The number of rotatable bonds is 6. The molecule has 0 aliphatic carbocycles. The molecule has 1 unspecified atom stereocenters. The molecule has 116 valence electrons. The zero-order valence-electron chi connectivity index (χ0n) is 13.1. The number of carbonyl (C=O) groups excluding carboxylic acids is 1. The predicted octanol–water partition coefficient (Wildman–Crippen LogP) is 2.32. The van der Waals surface area contributed by atoms with Crippen molar-refractivity contribution < 1.29 is 9.53 Å². The Morgan fingerprint density at radius 3 is 2.76 bits per heavy atom.